The number of ether oxygens (including phenoxy) is 2. The standard InChI is InChI=1S/C22H15BrN4O3/c23-16-4-1-14(2-5-16)19-12-24-26-27(19)18-8-6-17(7-9-18)25-22(28)15-3-10-20-21(11-15)30-13-29-20/h1-12H,13H2,(H,25,28). The molecule has 0 radical (unpaired) electrons. The monoisotopic (exact) mass is 462 g/mol. The van der Waals surface area contributed by atoms with E-state index in [9.17, 15) is 4.79 Å². The maximum absolute atomic E-state index is 12.6. The fourth-order valence-electron chi connectivity index (χ4n) is 3.17. The van der Waals surface area contributed by atoms with Crippen LogP contribution in [-0.2, 0) is 0 Å². The Morgan fingerprint density at radius 3 is 2.53 bits per heavy atom. The molecule has 0 atom stereocenters. The van der Waals surface area contributed by atoms with E-state index in [4.69, 9.17) is 9.47 Å². The van der Waals surface area contributed by atoms with Crippen LogP contribution >= 0.6 is 15.9 Å². The minimum absolute atomic E-state index is 0.173. The summed E-state index contributed by atoms with van der Waals surface area (Å²) in [6.07, 6.45) is 1.72. The Morgan fingerprint density at radius 1 is 0.967 bits per heavy atom. The second-order valence-corrected chi connectivity index (χ2v) is 7.52. The second kappa shape index (κ2) is 7.64. The number of fused-ring (bicyclic) bond motifs is 1. The third-order valence-electron chi connectivity index (χ3n) is 4.69. The lowest BCUT2D eigenvalue weighted by Crippen LogP contribution is -2.11. The Labute approximate surface area is 180 Å². The van der Waals surface area contributed by atoms with Crippen LogP contribution in [0.25, 0.3) is 16.9 Å². The van der Waals surface area contributed by atoms with Crippen LogP contribution in [0.4, 0.5) is 5.69 Å². The highest BCUT2D eigenvalue weighted by Crippen LogP contribution is 2.32. The van der Waals surface area contributed by atoms with Gasteiger partial charge in [-0.05, 0) is 54.6 Å². The number of anilines is 1. The molecule has 4 aromatic rings. The minimum atomic E-state index is -0.225. The topological polar surface area (TPSA) is 78.3 Å². The van der Waals surface area contributed by atoms with Crippen LogP contribution in [0, 0.1) is 0 Å². The van der Waals surface area contributed by atoms with Crippen LogP contribution in [0.1, 0.15) is 10.4 Å². The number of nitrogens with zero attached hydrogens (tertiary/aromatic N) is 3. The average molecular weight is 463 g/mol. The van der Waals surface area contributed by atoms with Crippen molar-refractivity contribution >= 4 is 27.5 Å². The number of nitrogens with one attached hydrogen (secondary N) is 1. The molecule has 30 heavy (non-hydrogen) atoms. The van der Waals surface area contributed by atoms with E-state index < -0.39 is 0 Å². The molecule has 0 saturated carbocycles. The summed E-state index contributed by atoms with van der Waals surface area (Å²) in [6.45, 7) is 0.173. The van der Waals surface area contributed by atoms with Gasteiger partial charge >= 0.3 is 0 Å². The molecule has 5 rings (SSSR count). The molecule has 0 bridgehead atoms. The second-order valence-electron chi connectivity index (χ2n) is 6.61. The maximum atomic E-state index is 12.6. The number of hydrogen-bond acceptors (Lipinski definition) is 5. The smallest absolute Gasteiger partial charge is 0.255 e. The minimum Gasteiger partial charge on any atom is -0.454 e. The predicted octanol–water partition coefficient (Wildman–Crippen LogP) is 4.68. The molecule has 0 spiro atoms. The lowest BCUT2D eigenvalue weighted by Gasteiger charge is -2.09. The third-order valence-corrected chi connectivity index (χ3v) is 5.22. The predicted molar refractivity (Wildman–Crippen MR) is 115 cm³/mol. The highest BCUT2D eigenvalue weighted by Gasteiger charge is 2.16. The van der Waals surface area contributed by atoms with Crippen LogP contribution in [0.15, 0.2) is 77.4 Å². The molecule has 3 aromatic carbocycles. The van der Waals surface area contributed by atoms with Crippen molar-refractivity contribution in [1.82, 2.24) is 15.0 Å². The van der Waals surface area contributed by atoms with Gasteiger partial charge in [-0.15, -0.1) is 5.10 Å². The van der Waals surface area contributed by atoms with Gasteiger partial charge in [0.15, 0.2) is 11.5 Å². The van der Waals surface area contributed by atoms with E-state index in [2.05, 4.69) is 31.6 Å². The van der Waals surface area contributed by atoms with Gasteiger partial charge < -0.3 is 14.8 Å². The highest BCUT2D eigenvalue weighted by molar-refractivity contribution is 9.10. The van der Waals surface area contributed by atoms with Gasteiger partial charge in [0.2, 0.25) is 6.79 Å². The van der Waals surface area contributed by atoms with Gasteiger partial charge in [0.05, 0.1) is 17.6 Å². The van der Waals surface area contributed by atoms with E-state index in [1.54, 1.807) is 29.1 Å². The summed E-state index contributed by atoms with van der Waals surface area (Å²) in [5.41, 5.74) is 3.89. The quantitative estimate of drug-likeness (QED) is 0.476. The third kappa shape index (κ3) is 3.53. The normalized spacial score (nSPS) is 12.0. The highest BCUT2D eigenvalue weighted by atomic mass is 79.9. The molecule has 0 unspecified atom stereocenters. The lowest BCUT2D eigenvalue weighted by molar-refractivity contribution is 0.102. The number of carbonyl (C=O) groups excluding carboxylic acids is 1. The van der Waals surface area contributed by atoms with Gasteiger partial charge in [0, 0.05) is 21.3 Å². The fraction of sp³-hybridized carbons (Fsp3) is 0.0455. The summed E-state index contributed by atoms with van der Waals surface area (Å²) in [4.78, 5) is 12.6. The van der Waals surface area contributed by atoms with Gasteiger partial charge in [-0.2, -0.15) is 0 Å². The number of hydrogen-bond donors (Lipinski definition) is 1. The molecule has 1 N–H and O–H groups in total. The van der Waals surface area contributed by atoms with Crippen LogP contribution in [0.5, 0.6) is 11.5 Å². The van der Waals surface area contributed by atoms with Crippen molar-refractivity contribution in [3.63, 3.8) is 0 Å². The van der Waals surface area contributed by atoms with Crippen LogP contribution in [-0.4, -0.2) is 27.7 Å². The fourth-order valence-corrected chi connectivity index (χ4v) is 3.43. The molecular weight excluding hydrogens is 448 g/mol. The van der Waals surface area contributed by atoms with Gasteiger partial charge in [0.25, 0.3) is 5.91 Å². The van der Waals surface area contributed by atoms with Gasteiger partial charge in [0.1, 0.15) is 0 Å². The first-order chi connectivity index (χ1) is 14.7. The zero-order chi connectivity index (χ0) is 20.5. The molecular formula is C22H15BrN4O3. The first-order valence-corrected chi connectivity index (χ1v) is 9.95. The summed E-state index contributed by atoms with van der Waals surface area (Å²) < 4.78 is 13.4. The molecule has 1 aliphatic heterocycles. The molecule has 1 amide bonds. The van der Waals surface area contributed by atoms with Crippen molar-refractivity contribution in [2.24, 2.45) is 0 Å². The number of benzene rings is 3. The van der Waals surface area contributed by atoms with E-state index in [0.717, 1.165) is 21.4 Å². The summed E-state index contributed by atoms with van der Waals surface area (Å²) in [5.74, 6) is 0.993. The van der Waals surface area contributed by atoms with Crippen LogP contribution < -0.4 is 14.8 Å². The van der Waals surface area contributed by atoms with E-state index >= 15 is 0 Å². The van der Waals surface area contributed by atoms with Crippen molar-refractivity contribution in [1.29, 1.82) is 0 Å². The van der Waals surface area contributed by atoms with Crippen molar-refractivity contribution in [2.45, 2.75) is 0 Å². The van der Waals surface area contributed by atoms with E-state index in [-0.39, 0.29) is 12.7 Å². The summed E-state index contributed by atoms with van der Waals surface area (Å²) in [6, 6.07) is 20.5. The lowest BCUT2D eigenvalue weighted by atomic mass is 10.1. The Hall–Kier alpha value is -3.65. The number of rotatable bonds is 4. The van der Waals surface area contributed by atoms with Gasteiger partial charge in [-0.3, -0.25) is 4.79 Å². The van der Waals surface area contributed by atoms with Crippen molar-refractivity contribution < 1.29 is 14.3 Å². The molecule has 1 aromatic heterocycles. The summed E-state index contributed by atoms with van der Waals surface area (Å²) in [7, 11) is 0. The van der Waals surface area contributed by atoms with E-state index in [1.807, 2.05) is 48.5 Å². The molecule has 0 aliphatic carbocycles. The SMILES string of the molecule is O=C(Nc1ccc(-n2nncc2-c2ccc(Br)cc2)cc1)c1ccc2c(c1)OCO2. The number of amides is 1. The number of carbonyl (C=O) groups is 1. The molecule has 8 heteroatoms. The van der Waals surface area contributed by atoms with Gasteiger partial charge in [-0.1, -0.05) is 33.3 Å². The first kappa shape index (κ1) is 18.4. The van der Waals surface area contributed by atoms with Crippen molar-refractivity contribution in [2.75, 3.05) is 12.1 Å². The molecule has 148 valence electrons. The van der Waals surface area contributed by atoms with E-state index in [1.165, 1.54) is 0 Å². The zero-order valence-corrected chi connectivity index (χ0v) is 17.2. The first-order valence-electron chi connectivity index (χ1n) is 9.15. The molecule has 7 nitrogen and oxygen atoms in total. The maximum Gasteiger partial charge on any atom is 0.255 e. The van der Waals surface area contributed by atoms with Crippen molar-refractivity contribution in [3.05, 3.63) is 83.0 Å². The summed E-state index contributed by atoms with van der Waals surface area (Å²) in [5, 5.41) is 11.1. The van der Waals surface area contributed by atoms with Crippen LogP contribution in [0.3, 0.4) is 0 Å². The summed E-state index contributed by atoms with van der Waals surface area (Å²) >= 11 is 3.45. The van der Waals surface area contributed by atoms with Crippen molar-refractivity contribution in [3.8, 4) is 28.4 Å². The average Bonchev–Trinajstić information content (AvgIpc) is 3.44. The van der Waals surface area contributed by atoms with Crippen LogP contribution in [0.2, 0.25) is 0 Å². The number of aromatic nitrogens is 3. The Morgan fingerprint density at radius 2 is 1.73 bits per heavy atom. The zero-order valence-electron chi connectivity index (χ0n) is 15.6. The number of halogens is 1. The molecule has 0 fully saturated rings. The largest absolute Gasteiger partial charge is 0.454 e. The van der Waals surface area contributed by atoms with E-state index in [0.29, 0.717) is 22.7 Å². The molecule has 2 heterocycles. The molecule has 0 saturated heterocycles. The van der Waals surface area contributed by atoms with Gasteiger partial charge in [-0.25, -0.2) is 4.68 Å². The Kier molecular flexibility index (Phi) is 4.68. The Bertz CT molecular complexity index is 1220. The Balaban J connectivity index is 1.35. The molecule has 1 aliphatic rings.